The van der Waals surface area contributed by atoms with Crippen molar-refractivity contribution in [2.45, 2.75) is 31.7 Å². The van der Waals surface area contributed by atoms with Crippen LogP contribution >= 0.6 is 0 Å². The van der Waals surface area contributed by atoms with Crippen LogP contribution < -0.4 is 14.8 Å². The van der Waals surface area contributed by atoms with Crippen LogP contribution in [0.3, 0.4) is 0 Å². The minimum absolute atomic E-state index is 0.0200. The van der Waals surface area contributed by atoms with Gasteiger partial charge in [0.05, 0.1) is 19.7 Å². The van der Waals surface area contributed by atoms with Crippen LogP contribution in [0.1, 0.15) is 19.8 Å². The molecule has 0 aliphatic heterocycles. The van der Waals surface area contributed by atoms with Gasteiger partial charge in [0.1, 0.15) is 0 Å². The minimum atomic E-state index is -2.50. The highest BCUT2D eigenvalue weighted by Gasteiger charge is 2.47. The number of methoxy groups -OCH3 is 2. The summed E-state index contributed by atoms with van der Waals surface area (Å²) in [6.07, 6.45) is 1.58. The number of rotatable bonds is 5. The highest BCUT2D eigenvalue weighted by Crippen LogP contribution is 2.45. The summed E-state index contributed by atoms with van der Waals surface area (Å²) in [7, 11) is 3.15. The number of ether oxygens (including phenoxy) is 2. The van der Waals surface area contributed by atoms with Gasteiger partial charge in [-0.1, -0.05) is 0 Å². The fourth-order valence-corrected chi connectivity index (χ4v) is 3.02. The summed E-state index contributed by atoms with van der Waals surface area (Å²) in [4.78, 5) is 4.34. The van der Waals surface area contributed by atoms with Crippen molar-refractivity contribution in [1.82, 2.24) is 4.98 Å². The predicted molar refractivity (Wildman–Crippen MR) is 85.6 cm³/mol. The predicted octanol–water partition coefficient (Wildman–Crippen LogP) is 4.10. The summed E-state index contributed by atoms with van der Waals surface area (Å²) in [5.74, 6) is -1.30. The van der Waals surface area contributed by atoms with E-state index in [2.05, 4.69) is 10.3 Å². The van der Waals surface area contributed by atoms with Crippen molar-refractivity contribution < 1.29 is 18.3 Å². The molecule has 0 bridgehead atoms. The Morgan fingerprint density at radius 3 is 2.48 bits per heavy atom. The molecule has 1 aliphatic carbocycles. The topological polar surface area (TPSA) is 43.4 Å². The fraction of sp³-hybridized carbons (Fsp3) is 0.471. The van der Waals surface area contributed by atoms with Crippen molar-refractivity contribution in [3.05, 3.63) is 24.4 Å². The van der Waals surface area contributed by atoms with Crippen LogP contribution in [0.2, 0.25) is 0 Å². The second-order valence-electron chi connectivity index (χ2n) is 6.04. The summed E-state index contributed by atoms with van der Waals surface area (Å²) in [5.41, 5.74) is 1.62. The van der Waals surface area contributed by atoms with Crippen LogP contribution in [0.25, 0.3) is 10.9 Å². The first-order chi connectivity index (χ1) is 10.9. The Morgan fingerprint density at radius 1 is 1.22 bits per heavy atom. The van der Waals surface area contributed by atoms with Gasteiger partial charge in [-0.3, -0.25) is 4.98 Å². The number of nitrogens with zero attached hydrogens (tertiary/aromatic N) is 1. The van der Waals surface area contributed by atoms with E-state index in [4.69, 9.17) is 9.47 Å². The Balaban J connectivity index is 1.88. The van der Waals surface area contributed by atoms with Gasteiger partial charge >= 0.3 is 0 Å². The molecule has 1 N–H and O–H groups in total. The van der Waals surface area contributed by atoms with E-state index in [1.165, 1.54) is 0 Å². The van der Waals surface area contributed by atoms with Crippen molar-refractivity contribution in [3.63, 3.8) is 0 Å². The molecule has 1 heterocycles. The molecule has 1 aromatic heterocycles. The number of alkyl halides is 2. The van der Waals surface area contributed by atoms with Crippen molar-refractivity contribution in [2.24, 2.45) is 5.92 Å². The number of halogens is 2. The molecule has 0 radical (unpaired) electrons. The van der Waals surface area contributed by atoms with Gasteiger partial charge in [0.2, 0.25) is 5.92 Å². The molecule has 1 saturated carbocycles. The molecule has 0 amide bonds. The minimum Gasteiger partial charge on any atom is -0.493 e. The van der Waals surface area contributed by atoms with E-state index in [0.717, 1.165) is 16.6 Å². The van der Waals surface area contributed by atoms with Gasteiger partial charge in [0.25, 0.3) is 0 Å². The van der Waals surface area contributed by atoms with Gasteiger partial charge in [-0.2, -0.15) is 0 Å². The Bertz CT molecular complexity index is 713. The number of aromatic nitrogens is 1. The molecule has 124 valence electrons. The van der Waals surface area contributed by atoms with Gasteiger partial charge in [0.15, 0.2) is 11.5 Å². The molecule has 0 spiro atoms. The monoisotopic (exact) mass is 322 g/mol. The number of benzene rings is 1. The average molecular weight is 322 g/mol. The smallest absolute Gasteiger partial charge is 0.248 e. The van der Waals surface area contributed by atoms with E-state index in [0.29, 0.717) is 11.5 Å². The Morgan fingerprint density at radius 2 is 1.87 bits per heavy atom. The Labute approximate surface area is 133 Å². The van der Waals surface area contributed by atoms with Crippen molar-refractivity contribution in [1.29, 1.82) is 0 Å². The molecule has 3 rings (SSSR count). The van der Waals surface area contributed by atoms with E-state index in [-0.39, 0.29) is 24.8 Å². The highest BCUT2D eigenvalue weighted by atomic mass is 19.3. The van der Waals surface area contributed by atoms with Crippen LogP contribution in [0.5, 0.6) is 11.5 Å². The van der Waals surface area contributed by atoms with Crippen LogP contribution in [0.4, 0.5) is 14.5 Å². The van der Waals surface area contributed by atoms with Gasteiger partial charge in [0, 0.05) is 42.2 Å². The molecule has 1 atom stereocenters. The standard InChI is InChI=1S/C17H20F2N2O2/c1-10(11-8-17(18,19)9-11)21-13-4-5-20-14-7-16(23-3)15(22-2)6-12(13)14/h4-7,10-11H,8-9H2,1-3H3,(H,20,21). The quantitative estimate of drug-likeness (QED) is 0.900. The third-order valence-electron chi connectivity index (χ3n) is 4.46. The fourth-order valence-electron chi connectivity index (χ4n) is 3.02. The van der Waals surface area contributed by atoms with Crippen LogP contribution in [-0.2, 0) is 0 Å². The SMILES string of the molecule is COc1cc2nccc(NC(C)C3CC(F)(F)C3)c2cc1OC. The number of nitrogens with one attached hydrogen (secondary N) is 1. The van der Waals surface area contributed by atoms with E-state index in [1.807, 2.05) is 25.1 Å². The summed E-state index contributed by atoms with van der Waals surface area (Å²) in [6.45, 7) is 1.94. The molecule has 1 aliphatic rings. The molecule has 1 aromatic carbocycles. The number of anilines is 1. The largest absolute Gasteiger partial charge is 0.493 e. The average Bonchev–Trinajstić information content (AvgIpc) is 2.51. The van der Waals surface area contributed by atoms with Crippen LogP contribution in [0.15, 0.2) is 24.4 Å². The lowest BCUT2D eigenvalue weighted by atomic mass is 9.77. The molecular weight excluding hydrogens is 302 g/mol. The second-order valence-corrected chi connectivity index (χ2v) is 6.04. The molecule has 23 heavy (non-hydrogen) atoms. The van der Waals surface area contributed by atoms with Crippen molar-refractivity contribution >= 4 is 16.6 Å². The third-order valence-corrected chi connectivity index (χ3v) is 4.46. The van der Waals surface area contributed by atoms with Gasteiger partial charge < -0.3 is 14.8 Å². The zero-order chi connectivity index (χ0) is 16.6. The van der Waals surface area contributed by atoms with E-state index >= 15 is 0 Å². The van der Waals surface area contributed by atoms with E-state index in [9.17, 15) is 8.78 Å². The normalized spacial score (nSPS) is 18.3. The third kappa shape index (κ3) is 3.02. The van der Waals surface area contributed by atoms with Crippen molar-refractivity contribution in [3.8, 4) is 11.5 Å². The van der Waals surface area contributed by atoms with E-state index < -0.39 is 5.92 Å². The zero-order valence-corrected chi connectivity index (χ0v) is 13.4. The lowest BCUT2D eigenvalue weighted by Gasteiger charge is -2.39. The number of fused-ring (bicyclic) bond motifs is 1. The van der Waals surface area contributed by atoms with Crippen LogP contribution in [-0.4, -0.2) is 31.2 Å². The van der Waals surface area contributed by atoms with Gasteiger partial charge in [-0.25, -0.2) is 8.78 Å². The van der Waals surface area contributed by atoms with Gasteiger partial charge in [-0.15, -0.1) is 0 Å². The summed E-state index contributed by atoms with van der Waals surface area (Å²) < 4.78 is 36.7. The highest BCUT2D eigenvalue weighted by molar-refractivity contribution is 5.93. The van der Waals surface area contributed by atoms with E-state index in [1.54, 1.807) is 20.4 Å². The molecule has 4 nitrogen and oxygen atoms in total. The lowest BCUT2D eigenvalue weighted by molar-refractivity contribution is -0.113. The van der Waals surface area contributed by atoms with Crippen molar-refractivity contribution in [2.75, 3.05) is 19.5 Å². The zero-order valence-electron chi connectivity index (χ0n) is 13.4. The molecule has 1 unspecified atom stereocenters. The number of hydrogen-bond acceptors (Lipinski definition) is 4. The summed E-state index contributed by atoms with van der Waals surface area (Å²) in [5, 5.41) is 4.22. The first-order valence-corrected chi connectivity index (χ1v) is 7.58. The molecule has 0 saturated heterocycles. The number of hydrogen-bond donors (Lipinski definition) is 1. The van der Waals surface area contributed by atoms with Gasteiger partial charge in [-0.05, 0) is 25.0 Å². The Kier molecular flexibility index (Phi) is 4.00. The Hall–Kier alpha value is -2.11. The molecule has 6 heteroatoms. The maximum absolute atomic E-state index is 13.1. The maximum Gasteiger partial charge on any atom is 0.248 e. The number of pyridine rings is 1. The lowest BCUT2D eigenvalue weighted by Crippen LogP contribution is -2.43. The maximum atomic E-state index is 13.1. The molecular formula is C17H20F2N2O2. The first-order valence-electron chi connectivity index (χ1n) is 7.58. The molecule has 1 fully saturated rings. The van der Waals surface area contributed by atoms with Crippen LogP contribution in [0, 0.1) is 5.92 Å². The molecule has 2 aromatic rings. The summed E-state index contributed by atoms with van der Waals surface area (Å²) >= 11 is 0. The first kappa shape index (κ1) is 15.8. The second kappa shape index (κ2) is 5.83. The summed E-state index contributed by atoms with van der Waals surface area (Å²) in [6, 6.07) is 5.47.